The van der Waals surface area contributed by atoms with E-state index >= 15 is 0 Å². The summed E-state index contributed by atoms with van der Waals surface area (Å²) in [7, 11) is 0. The van der Waals surface area contributed by atoms with Crippen LogP contribution in [-0.4, -0.2) is 43.7 Å². The van der Waals surface area contributed by atoms with Crippen molar-refractivity contribution < 1.29 is 22.8 Å². The fourth-order valence-electron chi connectivity index (χ4n) is 2.11. The van der Waals surface area contributed by atoms with Crippen LogP contribution in [0.2, 0.25) is 0 Å². The van der Waals surface area contributed by atoms with Gasteiger partial charge in [0, 0.05) is 13.1 Å². The zero-order chi connectivity index (χ0) is 16.3. The van der Waals surface area contributed by atoms with E-state index in [1.807, 2.05) is 13.8 Å². The smallest absolute Gasteiger partial charge is 0.354 e. The number of rotatable bonds is 5. The molecule has 1 rings (SSSR count). The number of carbonyl (C=O) groups is 2. The summed E-state index contributed by atoms with van der Waals surface area (Å²) >= 11 is 0. The Morgan fingerprint density at radius 3 is 2.33 bits per heavy atom. The van der Waals surface area contributed by atoms with Gasteiger partial charge in [0.05, 0.1) is 0 Å². The van der Waals surface area contributed by atoms with Crippen LogP contribution in [0, 0.1) is 11.3 Å². The van der Waals surface area contributed by atoms with Crippen LogP contribution in [0.15, 0.2) is 0 Å². The predicted molar refractivity (Wildman–Crippen MR) is 71.4 cm³/mol. The van der Waals surface area contributed by atoms with E-state index in [1.165, 1.54) is 6.92 Å². The monoisotopic (exact) mass is 309 g/mol. The van der Waals surface area contributed by atoms with Gasteiger partial charge in [0.2, 0.25) is 11.8 Å². The molecule has 0 bridgehead atoms. The molecule has 122 valence electrons. The van der Waals surface area contributed by atoms with E-state index < -0.39 is 36.0 Å². The molecule has 0 aromatic rings. The molecule has 0 aliphatic carbocycles. The Morgan fingerprint density at radius 2 is 1.90 bits per heavy atom. The van der Waals surface area contributed by atoms with E-state index in [9.17, 15) is 22.8 Å². The van der Waals surface area contributed by atoms with Gasteiger partial charge in [0.25, 0.3) is 0 Å². The van der Waals surface area contributed by atoms with Crippen molar-refractivity contribution in [2.45, 2.75) is 39.4 Å². The van der Waals surface area contributed by atoms with E-state index in [-0.39, 0.29) is 18.9 Å². The first-order valence-electron chi connectivity index (χ1n) is 6.96. The predicted octanol–water partition coefficient (Wildman–Crippen LogP) is 0.805. The van der Waals surface area contributed by atoms with E-state index in [0.717, 1.165) is 0 Å². The van der Waals surface area contributed by atoms with Gasteiger partial charge in [-0.25, -0.2) is 0 Å². The summed E-state index contributed by atoms with van der Waals surface area (Å²) in [6, 6.07) is -1.00. The van der Waals surface area contributed by atoms with Gasteiger partial charge in [-0.3, -0.25) is 9.59 Å². The summed E-state index contributed by atoms with van der Waals surface area (Å²) in [6.07, 6.45) is -4.96. The number of hydrogen-bond donors (Lipinski definition) is 3. The highest BCUT2D eigenvalue weighted by Gasteiger charge is 2.61. The SMILES string of the molecule is CC(C)CNC(=O)C(C)NC(=O)C1(C(F)(F)F)CCNC1. The molecule has 1 saturated heterocycles. The van der Waals surface area contributed by atoms with Gasteiger partial charge < -0.3 is 16.0 Å². The Hall–Kier alpha value is -1.31. The van der Waals surface area contributed by atoms with E-state index in [4.69, 9.17) is 0 Å². The quantitative estimate of drug-likeness (QED) is 0.704. The van der Waals surface area contributed by atoms with Crippen molar-refractivity contribution in [1.82, 2.24) is 16.0 Å². The molecule has 2 atom stereocenters. The van der Waals surface area contributed by atoms with Crippen LogP contribution >= 0.6 is 0 Å². The molecule has 0 radical (unpaired) electrons. The van der Waals surface area contributed by atoms with Crippen molar-refractivity contribution in [2.24, 2.45) is 11.3 Å². The van der Waals surface area contributed by atoms with Gasteiger partial charge in [-0.15, -0.1) is 0 Å². The van der Waals surface area contributed by atoms with Crippen molar-refractivity contribution in [1.29, 1.82) is 0 Å². The molecule has 3 N–H and O–H groups in total. The first-order chi connectivity index (χ1) is 9.60. The molecular formula is C13H22F3N3O2. The lowest BCUT2D eigenvalue weighted by atomic mass is 9.85. The van der Waals surface area contributed by atoms with Crippen LogP contribution in [0.4, 0.5) is 13.2 Å². The molecule has 8 heteroatoms. The molecule has 1 heterocycles. The lowest BCUT2D eigenvalue weighted by Crippen LogP contribution is -2.56. The number of halogens is 3. The van der Waals surface area contributed by atoms with Gasteiger partial charge in [-0.1, -0.05) is 13.8 Å². The molecule has 1 aliphatic rings. The largest absolute Gasteiger partial charge is 0.404 e. The number of nitrogens with one attached hydrogen (secondary N) is 3. The zero-order valence-electron chi connectivity index (χ0n) is 12.4. The fraction of sp³-hybridized carbons (Fsp3) is 0.846. The van der Waals surface area contributed by atoms with Crippen LogP contribution in [0.5, 0.6) is 0 Å². The maximum absolute atomic E-state index is 13.2. The average molecular weight is 309 g/mol. The number of amides is 2. The minimum Gasteiger partial charge on any atom is -0.354 e. The standard InChI is InChI=1S/C13H22F3N3O2/c1-8(2)6-18-10(20)9(3)19-11(21)12(13(14,15)16)4-5-17-7-12/h8-9,17H,4-7H2,1-3H3,(H,18,20)(H,19,21). The second-order valence-corrected chi connectivity index (χ2v) is 5.84. The van der Waals surface area contributed by atoms with Crippen molar-refractivity contribution >= 4 is 11.8 Å². The molecule has 0 spiro atoms. The second kappa shape index (κ2) is 6.64. The average Bonchev–Trinajstić information content (AvgIpc) is 2.85. The molecule has 2 amide bonds. The summed E-state index contributed by atoms with van der Waals surface area (Å²) in [5, 5.41) is 7.32. The van der Waals surface area contributed by atoms with Crippen LogP contribution in [-0.2, 0) is 9.59 Å². The highest BCUT2D eigenvalue weighted by molar-refractivity contribution is 5.90. The number of hydrogen-bond acceptors (Lipinski definition) is 3. The molecule has 1 aliphatic heterocycles. The molecule has 1 fully saturated rings. The van der Waals surface area contributed by atoms with E-state index in [2.05, 4.69) is 16.0 Å². The first kappa shape index (κ1) is 17.7. The third-order valence-corrected chi connectivity index (χ3v) is 3.56. The van der Waals surface area contributed by atoms with Crippen LogP contribution in [0.3, 0.4) is 0 Å². The van der Waals surface area contributed by atoms with E-state index in [1.54, 1.807) is 0 Å². The Kier molecular flexibility index (Phi) is 5.61. The highest BCUT2D eigenvalue weighted by atomic mass is 19.4. The van der Waals surface area contributed by atoms with Crippen LogP contribution in [0.1, 0.15) is 27.2 Å². The molecule has 0 saturated carbocycles. The summed E-state index contributed by atoms with van der Waals surface area (Å²) in [5.41, 5.74) is -2.44. The minimum atomic E-state index is -4.64. The molecule has 0 aromatic carbocycles. The van der Waals surface area contributed by atoms with E-state index in [0.29, 0.717) is 6.54 Å². The molecule has 21 heavy (non-hydrogen) atoms. The van der Waals surface area contributed by atoms with Crippen LogP contribution < -0.4 is 16.0 Å². The van der Waals surface area contributed by atoms with Crippen molar-refractivity contribution in [3.8, 4) is 0 Å². The van der Waals surface area contributed by atoms with Gasteiger partial charge >= 0.3 is 6.18 Å². The third-order valence-electron chi connectivity index (χ3n) is 3.56. The third kappa shape index (κ3) is 4.09. The molecule has 2 unspecified atom stereocenters. The zero-order valence-corrected chi connectivity index (χ0v) is 12.4. The van der Waals surface area contributed by atoms with Gasteiger partial charge in [-0.2, -0.15) is 13.2 Å². The Bertz CT molecular complexity index is 391. The minimum absolute atomic E-state index is 0.126. The maximum Gasteiger partial charge on any atom is 0.404 e. The topological polar surface area (TPSA) is 70.2 Å². The lowest BCUT2D eigenvalue weighted by molar-refractivity contribution is -0.216. The Labute approximate surface area is 122 Å². The Morgan fingerprint density at radius 1 is 1.29 bits per heavy atom. The van der Waals surface area contributed by atoms with Gasteiger partial charge in [-0.05, 0) is 25.8 Å². The highest BCUT2D eigenvalue weighted by Crippen LogP contribution is 2.43. The van der Waals surface area contributed by atoms with Gasteiger partial charge in [0.15, 0.2) is 5.41 Å². The summed E-state index contributed by atoms with van der Waals surface area (Å²) in [5.74, 6) is -1.41. The van der Waals surface area contributed by atoms with Crippen molar-refractivity contribution in [2.75, 3.05) is 19.6 Å². The van der Waals surface area contributed by atoms with Crippen molar-refractivity contribution in [3.05, 3.63) is 0 Å². The Balaban J connectivity index is 2.68. The molecule has 0 aromatic heterocycles. The summed E-state index contributed by atoms with van der Waals surface area (Å²) in [6.45, 7) is 5.24. The number of carbonyl (C=O) groups excluding carboxylic acids is 2. The maximum atomic E-state index is 13.2. The summed E-state index contributed by atoms with van der Waals surface area (Å²) < 4.78 is 39.5. The fourth-order valence-corrected chi connectivity index (χ4v) is 2.11. The van der Waals surface area contributed by atoms with Crippen molar-refractivity contribution in [3.63, 3.8) is 0 Å². The summed E-state index contributed by atoms with van der Waals surface area (Å²) in [4.78, 5) is 23.7. The van der Waals surface area contributed by atoms with Crippen LogP contribution in [0.25, 0.3) is 0 Å². The molecule has 5 nitrogen and oxygen atoms in total. The second-order valence-electron chi connectivity index (χ2n) is 5.84. The lowest BCUT2D eigenvalue weighted by Gasteiger charge is -2.30. The normalized spacial score (nSPS) is 24.0. The first-order valence-corrected chi connectivity index (χ1v) is 6.96. The number of alkyl halides is 3. The molecular weight excluding hydrogens is 287 g/mol. The van der Waals surface area contributed by atoms with Gasteiger partial charge in [0.1, 0.15) is 6.04 Å².